The van der Waals surface area contributed by atoms with Crippen LogP contribution in [-0.2, 0) is 12.8 Å². The Hall–Kier alpha value is -2.40. The van der Waals surface area contributed by atoms with Gasteiger partial charge in [-0.1, -0.05) is 30.3 Å². The molecule has 5 heteroatoms. The molecule has 5 nitrogen and oxygen atoms in total. The van der Waals surface area contributed by atoms with E-state index in [1.165, 1.54) is 11.1 Å². The Bertz CT molecular complexity index is 690. The maximum absolute atomic E-state index is 12.7. The number of aliphatic hydroxyl groups excluding tert-OH is 1. The van der Waals surface area contributed by atoms with Crippen LogP contribution in [0.3, 0.4) is 0 Å². The molecule has 132 valence electrons. The number of nitrogens with zero attached hydrogens (tertiary/aromatic N) is 2. The quantitative estimate of drug-likeness (QED) is 0.850. The van der Waals surface area contributed by atoms with E-state index in [4.69, 9.17) is 0 Å². The summed E-state index contributed by atoms with van der Waals surface area (Å²) in [6, 6.07) is 12.1. The molecule has 1 aromatic carbocycles. The second kappa shape index (κ2) is 8.62. The monoisotopic (exact) mass is 339 g/mol. The molecule has 2 N–H and O–H groups in total. The number of urea groups is 1. The molecular weight excluding hydrogens is 314 g/mol. The number of fused-ring (bicyclic) bond motifs is 1. The van der Waals surface area contributed by atoms with E-state index >= 15 is 0 Å². The van der Waals surface area contributed by atoms with Gasteiger partial charge in [-0.05, 0) is 48.4 Å². The summed E-state index contributed by atoms with van der Waals surface area (Å²) in [4.78, 5) is 18.6. The topological polar surface area (TPSA) is 65.5 Å². The normalized spacial score (nSPS) is 16.1. The Balaban J connectivity index is 1.65. The van der Waals surface area contributed by atoms with E-state index in [-0.39, 0.29) is 18.7 Å². The van der Waals surface area contributed by atoms with Gasteiger partial charge in [0.25, 0.3) is 0 Å². The van der Waals surface area contributed by atoms with Crippen LogP contribution < -0.4 is 5.32 Å². The summed E-state index contributed by atoms with van der Waals surface area (Å²) in [7, 11) is 0. The van der Waals surface area contributed by atoms with Crippen LogP contribution in [0.25, 0.3) is 0 Å². The average molecular weight is 339 g/mol. The van der Waals surface area contributed by atoms with Crippen molar-refractivity contribution in [3.05, 3.63) is 65.5 Å². The van der Waals surface area contributed by atoms with Crippen molar-refractivity contribution < 1.29 is 9.90 Å². The molecule has 1 aromatic heterocycles. The fourth-order valence-corrected chi connectivity index (χ4v) is 3.52. The van der Waals surface area contributed by atoms with Gasteiger partial charge < -0.3 is 15.3 Å². The number of pyridine rings is 1. The molecule has 2 amide bonds. The lowest BCUT2D eigenvalue weighted by molar-refractivity contribution is 0.144. The third-order valence-electron chi connectivity index (χ3n) is 4.73. The first-order valence-corrected chi connectivity index (χ1v) is 8.91. The Morgan fingerprint density at radius 2 is 2.16 bits per heavy atom. The number of carbonyl (C=O) groups is 1. The Kier molecular flexibility index (Phi) is 6.01. The van der Waals surface area contributed by atoms with Gasteiger partial charge in [0.2, 0.25) is 0 Å². The van der Waals surface area contributed by atoms with Crippen LogP contribution >= 0.6 is 0 Å². The Labute approximate surface area is 148 Å². The van der Waals surface area contributed by atoms with Gasteiger partial charge in [0.1, 0.15) is 0 Å². The van der Waals surface area contributed by atoms with Crippen molar-refractivity contribution in [1.29, 1.82) is 0 Å². The molecule has 1 unspecified atom stereocenters. The van der Waals surface area contributed by atoms with Gasteiger partial charge in [-0.2, -0.15) is 0 Å². The molecule has 0 aliphatic heterocycles. The third kappa shape index (κ3) is 4.37. The number of carbonyl (C=O) groups excluding carboxylic acids is 1. The minimum absolute atomic E-state index is 0.0330. The first kappa shape index (κ1) is 17.4. The van der Waals surface area contributed by atoms with Crippen molar-refractivity contribution >= 4 is 6.03 Å². The van der Waals surface area contributed by atoms with Crippen molar-refractivity contribution in [2.75, 3.05) is 19.7 Å². The molecular formula is C20H25N3O2. The molecule has 0 fully saturated rings. The van der Waals surface area contributed by atoms with E-state index in [1.807, 2.05) is 30.5 Å². The highest BCUT2D eigenvalue weighted by molar-refractivity contribution is 5.75. The highest BCUT2D eigenvalue weighted by atomic mass is 16.3. The van der Waals surface area contributed by atoms with E-state index in [0.29, 0.717) is 13.1 Å². The molecule has 1 heterocycles. The molecule has 0 spiro atoms. The standard InChI is InChI=1S/C20H25N3O2/c24-14-13-23(19-9-3-7-17-6-1-2-8-18(17)19)20(25)22-12-10-16-5-4-11-21-15-16/h1-2,4-6,8,11,15,19,24H,3,7,9-10,12-14H2,(H,22,25). The predicted molar refractivity (Wildman–Crippen MR) is 97.3 cm³/mol. The third-order valence-corrected chi connectivity index (χ3v) is 4.73. The molecule has 0 bridgehead atoms. The van der Waals surface area contributed by atoms with E-state index in [0.717, 1.165) is 31.2 Å². The fourth-order valence-electron chi connectivity index (χ4n) is 3.52. The number of amides is 2. The largest absolute Gasteiger partial charge is 0.395 e. The second-order valence-electron chi connectivity index (χ2n) is 6.37. The van der Waals surface area contributed by atoms with Gasteiger partial charge in [0, 0.05) is 25.5 Å². The smallest absolute Gasteiger partial charge is 0.318 e. The van der Waals surface area contributed by atoms with Crippen molar-refractivity contribution in [3.8, 4) is 0 Å². The van der Waals surface area contributed by atoms with Crippen LogP contribution in [0.5, 0.6) is 0 Å². The van der Waals surface area contributed by atoms with E-state index in [2.05, 4.69) is 22.4 Å². The summed E-state index contributed by atoms with van der Waals surface area (Å²) in [6.45, 7) is 0.868. The lowest BCUT2D eigenvalue weighted by Crippen LogP contribution is -2.45. The van der Waals surface area contributed by atoms with Gasteiger partial charge in [-0.3, -0.25) is 4.98 Å². The molecule has 2 aromatic rings. The Morgan fingerprint density at radius 1 is 1.28 bits per heavy atom. The zero-order valence-corrected chi connectivity index (χ0v) is 14.4. The minimum Gasteiger partial charge on any atom is -0.395 e. The molecule has 1 atom stereocenters. The summed E-state index contributed by atoms with van der Waals surface area (Å²) in [6.07, 6.45) is 7.36. The summed E-state index contributed by atoms with van der Waals surface area (Å²) < 4.78 is 0. The number of aromatic nitrogens is 1. The molecule has 1 aliphatic rings. The van der Waals surface area contributed by atoms with Gasteiger partial charge in [0.15, 0.2) is 0 Å². The maximum atomic E-state index is 12.7. The number of aryl methyl sites for hydroxylation is 1. The van der Waals surface area contributed by atoms with Crippen LogP contribution in [0.1, 0.15) is 35.6 Å². The lowest BCUT2D eigenvalue weighted by Gasteiger charge is -2.35. The van der Waals surface area contributed by atoms with Crippen LogP contribution in [0.4, 0.5) is 4.79 Å². The van der Waals surface area contributed by atoms with Crippen LogP contribution in [0, 0.1) is 0 Å². The van der Waals surface area contributed by atoms with Gasteiger partial charge in [-0.25, -0.2) is 4.79 Å². The van der Waals surface area contributed by atoms with Crippen molar-refractivity contribution in [1.82, 2.24) is 15.2 Å². The molecule has 1 aliphatic carbocycles. The van der Waals surface area contributed by atoms with Gasteiger partial charge >= 0.3 is 6.03 Å². The number of aliphatic hydroxyl groups is 1. The number of benzene rings is 1. The van der Waals surface area contributed by atoms with Gasteiger partial charge in [0.05, 0.1) is 12.6 Å². The van der Waals surface area contributed by atoms with Crippen molar-refractivity contribution in [3.63, 3.8) is 0 Å². The maximum Gasteiger partial charge on any atom is 0.318 e. The van der Waals surface area contributed by atoms with Crippen LogP contribution in [0.15, 0.2) is 48.8 Å². The molecule has 0 saturated carbocycles. The van der Waals surface area contributed by atoms with Crippen LogP contribution in [0.2, 0.25) is 0 Å². The molecule has 25 heavy (non-hydrogen) atoms. The molecule has 3 rings (SSSR count). The number of hydrogen-bond donors (Lipinski definition) is 2. The average Bonchev–Trinajstić information content (AvgIpc) is 2.66. The van der Waals surface area contributed by atoms with E-state index in [1.54, 1.807) is 11.1 Å². The zero-order valence-electron chi connectivity index (χ0n) is 14.4. The number of nitrogens with one attached hydrogen (secondary N) is 1. The second-order valence-corrected chi connectivity index (χ2v) is 6.37. The fraction of sp³-hybridized carbons (Fsp3) is 0.400. The first-order chi connectivity index (χ1) is 12.3. The minimum atomic E-state index is -0.111. The van der Waals surface area contributed by atoms with E-state index < -0.39 is 0 Å². The molecule has 0 radical (unpaired) electrons. The predicted octanol–water partition coefficient (Wildman–Crippen LogP) is 2.71. The lowest BCUT2D eigenvalue weighted by atomic mass is 9.87. The number of rotatable bonds is 6. The van der Waals surface area contributed by atoms with Crippen LogP contribution in [-0.4, -0.2) is 40.7 Å². The van der Waals surface area contributed by atoms with Gasteiger partial charge in [-0.15, -0.1) is 0 Å². The number of hydrogen-bond acceptors (Lipinski definition) is 3. The van der Waals surface area contributed by atoms with E-state index in [9.17, 15) is 9.90 Å². The summed E-state index contributed by atoms with van der Waals surface area (Å²) in [5, 5.41) is 12.4. The summed E-state index contributed by atoms with van der Waals surface area (Å²) >= 11 is 0. The highest BCUT2D eigenvalue weighted by Crippen LogP contribution is 2.34. The highest BCUT2D eigenvalue weighted by Gasteiger charge is 2.28. The van der Waals surface area contributed by atoms with Crippen molar-refractivity contribution in [2.24, 2.45) is 0 Å². The summed E-state index contributed by atoms with van der Waals surface area (Å²) in [5.41, 5.74) is 3.62. The zero-order chi connectivity index (χ0) is 17.5. The SMILES string of the molecule is O=C(NCCc1cccnc1)N(CCO)C1CCCc2ccccc21. The van der Waals surface area contributed by atoms with Crippen molar-refractivity contribution in [2.45, 2.75) is 31.7 Å². The molecule has 0 saturated heterocycles. The Morgan fingerprint density at radius 3 is 2.96 bits per heavy atom. The summed E-state index contributed by atoms with van der Waals surface area (Å²) in [5.74, 6) is 0. The first-order valence-electron chi connectivity index (χ1n) is 8.91.